The van der Waals surface area contributed by atoms with E-state index in [-0.39, 0.29) is 18.5 Å². The molecule has 0 aromatic rings. The number of unbranched alkanes of at least 4 members (excludes halogenated alkanes) is 44. The number of aliphatic hydroxyl groups excluding tert-OH is 2. The Morgan fingerprint density at radius 1 is 0.384 bits per heavy atom. The van der Waals surface area contributed by atoms with Crippen LogP contribution in [0.1, 0.15) is 354 Å². The molecule has 3 N–H and O–H groups in total. The van der Waals surface area contributed by atoms with Crippen molar-refractivity contribution in [3.8, 4) is 0 Å². The summed E-state index contributed by atoms with van der Waals surface area (Å²) >= 11 is 0. The van der Waals surface area contributed by atoms with Crippen LogP contribution in [-0.4, -0.2) is 47.4 Å². The van der Waals surface area contributed by atoms with Crippen LogP contribution < -0.4 is 5.32 Å². The Balaban J connectivity index is 3.46. The van der Waals surface area contributed by atoms with Crippen molar-refractivity contribution >= 4 is 11.9 Å². The quantitative estimate of drug-likeness (QED) is 0.0320. The van der Waals surface area contributed by atoms with Crippen molar-refractivity contribution in [3.05, 3.63) is 36.5 Å². The molecule has 0 radical (unpaired) electrons. The van der Waals surface area contributed by atoms with Gasteiger partial charge >= 0.3 is 5.97 Å². The first kappa shape index (κ1) is 71.1. The van der Waals surface area contributed by atoms with Gasteiger partial charge in [0.25, 0.3) is 0 Å². The fourth-order valence-corrected chi connectivity index (χ4v) is 10.1. The van der Waals surface area contributed by atoms with Gasteiger partial charge in [0.2, 0.25) is 5.91 Å². The molecule has 6 nitrogen and oxygen atoms in total. The van der Waals surface area contributed by atoms with Crippen LogP contribution in [0.25, 0.3) is 0 Å². The topological polar surface area (TPSA) is 95.9 Å². The van der Waals surface area contributed by atoms with E-state index in [1.807, 2.05) is 0 Å². The molecule has 0 spiro atoms. The molecule has 0 heterocycles. The molecule has 1 amide bonds. The van der Waals surface area contributed by atoms with Gasteiger partial charge in [-0.25, -0.2) is 0 Å². The van der Waals surface area contributed by atoms with E-state index in [0.717, 1.165) is 70.6 Å². The van der Waals surface area contributed by atoms with Gasteiger partial charge < -0.3 is 20.3 Å². The normalized spacial score (nSPS) is 12.8. The van der Waals surface area contributed by atoms with Gasteiger partial charge in [-0.05, 0) is 83.5 Å². The molecule has 0 aliphatic heterocycles. The summed E-state index contributed by atoms with van der Waals surface area (Å²) in [6.07, 6.45) is 78.7. The summed E-state index contributed by atoms with van der Waals surface area (Å²) in [5, 5.41) is 23.4. The van der Waals surface area contributed by atoms with Crippen LogP contribution >= 0.6 is 0 Å². The first-order valence-corrected chi connectivity index (χ1v) is 32.7. The summed E-state index contributed by atoms with van der Waals surface area (Å²) in [7, 11) is 0. The Labute approximate surface area is 455 Å². The Morgan fingerprint density at radius 2 is 0.685 bits per heavy atom. The lowest BCUT2D eigenvalue weighted by atomic mass is 10.0. The molecule has 0 aliphatic carbocycles. The predicted octanol–water partition coefficient (Wildman–Crippen LogP) is 20.8. The number of carbonyl (C=O) groups excluding carboxylic acids is 2. The second-order valence-corrected chi connectivity index (χ2v) is 22.4. The standard InChI is InChI=1S/C67H127NO5/c1-3-5-7-9-11-13-15-17-19-21-23-24-25-26-27-31-35-39-43-47-51-55-59-65(70)64(63-69)68-66(71)60-56-52-48-44-40-36-32-29-30-34-38-42-46-50-54-58-62-73-67(72)61-57-53-49-45-41-37-33-28-22-20-18-16-14-12-10-8-6-4-2/h14,16,20,22,29,32,64-65,69-70H,3-13,15,17-19,21,23-28,30-31,33-63H2,1-2H3,(H,68,71)/b16-14-,22-20-,32-29-. The van der Waals surface area contributed by atoms with Crippen molar-refractivity contribution in [1.29, 1.82) is 0 Å². The molecule has 0 aromatic heterocycles. The van der Waals surface area contributed by atoms with E-state index in [2.05, 4.69) is 55.6 Å². The molecule has 0 aliphatic rings. The Hall–Kier alpha value is -1.92. The summed E-state index contributed by atoms with van der Waals surface area (Å²) in [5.74, 6) is -0.0587. The number of ether oxygens (including phenoxy) is 1. The van der Waals surface area contributed by atoms with E-state index < -0.39 is 12.1 Å². The summed E-state index contributed by atoms with van der Waals surface area (Å²) in [6, 6.07) is -0.556. The van der Waals surface area contributed by atoms with Crippen LogP contribution in [-0.2, 0) is 14.3 Å². The first-order valence-electron chi connectivity index (χ1n) is 32.7. The van der Waals surface area contributed by atoms with E-state index in [0.29, 0.717) is 25.9 Å². The highest BCUT2D eigenvalue weighted by Gasteiger charge is 2.20. The zero-order chi connectivity index (χ0) is 52.9. The van der Waals surface area contributed by atoms with Crippen LogP contribution in [0.15, 0.2) is 36.5 Å². The molecule has 0 aromatic carbocycles. The molecule has 73 heavy (non-hydrogen) atoms. The lowest BCUT2D eigenvalue weighted by molar-refractivity contribution is -0.143. The van der Waals surface area contributed by atoms with Crippen LogP contribution in [0.5, 0.6) is 0 Å². The number of esters is 1. The third-order valence-corrected chi connectivity index (χ3v) is 15.2. The Morgan fingerprint density at radius 3 is 1.07 bits per heavy atom. The van der Waals surface area contributed by atoms with Gasteiger partial charge in [-0.1, -0.05) is 294 Å². The van der Waals surface area contributed by atoms with Gasteiger partial charge in [0.1, 0.15) is 0 Å². The first-order chi connectivity index (χ1) is 36.0. The van der Waals surface area contributed by atoms with Crippen LogP contribution in [0.3, 0.4) is 0 Å². The van der Waals surface area contributed by atoms with Crippen molar-refractivity contribution in [1.82, 2.24) is 5.32 Å². The molecule has 0 rings (SSSR count). The number of allylic oxidation sites excluding steroid dienone is 6. The van der Waals surface area contributed by atoms with Gasteiger partial charge in [0.15, 0.2) is 0 Å². The fourth-order valence-electron chi connectivity index (χ4n) is 10.1. The van der Waals surface area contributed by atoms with Crippen LogP contribution in [0.4, 0.5) is 0 Å². The smallest absolute Gasteiger partial charge is 0.305 e. The summed E-state index contributed by atoms with van der Waals surface area (Å²) in [4.78, 5) is 24.6. The molecule has 0 bridgehead atoms. The average molecular weight is 1030 g/mol. The van der Waals surface area contributed by atoms with Gasteiger partial charge in [0.05, 0.1) is 25.4 Å². The highest BCUT2D eigenvalue weighted by Crippen LogP contribution is 2.18. The van der Waals surface area contributed by atoms with E-state index in [1.54, 1.807) is 0 Å². The molecular formula is C67H127NO5. The average Bonchev–Trinajstić information content (AvgIpc) is 3.39. The molecule has 430 valence electrons. The SMILES string of the molecule is CCCCCC/C=C\C/C=C\CCCCCCCCCC(=O)OCCCCCCCCC/C=C\CCCCCCCC(=O)NC(CO)C(O)CCCCCCCCCCCCCCCCCCCCCCCC. The minimum Gasteiger partial charge on any atom is -0.466 e. The Bertz CT molecular complexity index is 1180. The third-order valence-electron chi connectivity index (χ3n) is 15.2. The number of hydrogen-bond acceptors (Lipinski definition) is 5. The van der Waals surface area contributed by atoms with Crippen molar-refractivity contribution < 1.29 is 24.5 Å². The molecule has 0 fully saturated rings. The summed E-state index contributed by atoms with van der Waals surface area (Å²) in [5.41, 5.74) is 0. The van der Waals surface area contributed by atoms with Crippen LogP contribution in [0.2, 0.25) is 0 Å². The number of nitrogens with one attached hydrogen (secondary N) is 1. The predicted molar refractivity (Wildman–Crippen MR) is 319 cm³/mol. The van der Waals surface area contributed by atoms with Crippen molar-refractivity contribution in [2.45, 2.75) is 366 Å². The number of aliphatic hydroxyl groups is 2. The Kier molecular flexibility index (Phi) is 61.0. The second-order valence-electron chi connectivity index (χ2n) is 22.4. The number of carbonyl (C=O) groups is 2. The second kappa shape index (κ2) is 62.6. The minimum absolute atomic E-state index is 0.00947. The van der Waals surface area contributed by atoms with Gasteiger partial charge in [-0.15, -0.1) is 0 Å². The maximum Gasteiger partial charge on any atom is 0.305 e. The van der Waals surface area contributed by atoms with Gasteiger partial charge in [0, 0.05) is 12.8 Å². The van der Waals surface area contributed by atoms with E-state index in [1.165, 1.54) is 250 Å². The van der Waals surface area contributed by atoms with E-state index in [4.69, 9.17) is 4.74 Å². The number of rotatable bonds is 61. The third kappa shape index (κ3) is 59.2. The fraction of sp³-hybridized carbons (Fsp3) is 0.881. The monoisotopic (exact) mass is 1030 g/mol. The number of hydrogen-bond donors (Lipinski definition) is 3. The van der Waals surface area contributed by atoms with E-state index in [9.17, 15) is 19.8 Å². The van der Waals surface area contributed by atoms with E-state index >= 15 is 0 Å². The summed E-state index contributed by atoms with van der Waals surface area (Å²) in [6.45, 7) is 4.93. The maximum atomic E-state index is 12.5. The zero-order valence-corrected chi connectivity index (χ0v) is 49.1. The molecular weight excluding hydrogens is 899 g/mol. The van der Waals surface area contributed by atoms with Gasteiger partial charge in [-0.3, -0.25) is 9.59 Å². The lowest BCUT2D eigenvalue weighted by Gasteiger charge is -2.22. The van der Waals surface area contributed by atoms with Crippen molar-refractivity contribution in [2.75, 3.05) is 13.2 Å². The summed E-state index contributed by atoms with van der Waals surface area (Å²) < 4.78 is 5.48. The maximum absolute atomic E-state index is 12.5. The number of amides is 1. The van der Waals surface area contributed by atoms with Gasteiger partial charge in [-0.2, -0.15) is 0 Å². The minimum atomic E-state index is -0.677. The highest BCUT2D eigenvalue weighted by atomic mass is 16.5. The molecule has 0 saturated carbocycles. The van der Waals surface area contributed by atoms with Crippen molar-refractivity contribution in [3.63, 3.8) is 0 Å². The molecule has 2 unspecified atom stereocenters. The van der Waals surface area contributed by atoms with Crippen molar-refractivity contribution in [2.24, 2.45) is 0 Å². The lowest BCUT2D eigenvalue weighted by Crippen LogP contribution is -2.45. The molecule has 2 atom stereocenters. The van der Waals surface area contributed by atoms with Crippen LogP contribution in [0, 0.1) is 0 Å². The highest BCUT2D eigenvalue weighted by molar-refractivity contribution is 5.76. The largest absolute Gasteiger partial charge is 0.466 e. The molecule has 6 heteroatoms. The zero-order valence-electron chi connectivity index (χ0n) is 49.1. The molecule has 0 saturated heterocycles.